The zero-order valence-electron chi connectivity index (χ0n) is 19.6. The third kappa shape index (κ3) is 4.79. The number of aryl methyl sites for hydroxylation is 1. The first-order valence-electron chi connectivity index (χ1n) is 11.5. The fourth-order valence-corrected chi connectivity index (χ4v) is 4.91. The SMILES string of the molecule is Cc1c[nH]c2nccc(Oc3ccc(C[C@H](N)C(=O)N4CCN(C(=O)c5nccs5)CC4)cc3F)c12. The molecular formula is C25H25FN6O3S. The number of H-pyrrole nitrogens is 1. The highest BCUT2D eigenvalue weighted by molar-refractivity contribution is 7.11. The third-order valence-electron chi connectivity index (χ3n) is 6.22. The maximum atomic E-state index is 14.9. The molecule has 0 spiro atoms. The molecule has 9 nitrogen and oxygen atoms in total. The van der Waals surface area contributed by atoms with E-state index in [0.717, 1.165) is 10.9 Å². The summed E-state index contributed by atoms with van der Waals surface area (Å²) in [7, 11) is 0. The molecule has 2 amide bonds. The van der Waals surface area contributed by atoms with Crippen molar-refractivity contribution >= 4 is 34.2 Å². The van der Waals surface area contributed by atoms with Gasteiger partial charge in [-0.1, -0.05) is 6.07 Å². The Morgan fingerprint density at radius 1 is 1.14 bits per heavy atom. The minimum atomic E-state index is -0.820. The number of piperazine rings is 1. The lowest BCUT2D eigenvalue weighted by atomic mass is 10.0. The Morgan fingerprint density at radius 3 is 2.64 bits per heavy atom. The van der Waals surface area contributed by atoms with Crippen LogP contribution in [0.5, 0.6) is 11.5 Å². The number of ether oxygens (including phenoxy) is 1. The molecule has 1 atom stereocenters. The lowest BCUT2D eigenvalue weighted by Crippen LogP contribution is -2.54. The van der Waals surface area contributed by atoms with Gasteiger partial charge in [0.25, 0.3) is 5.91 Å². The van der Waals surface area contributed by atoms with Crippen LogP contribution in [0.1, 0.15) is 20.9 Å². The second-order valence-corrected chi connectivity index (χ2v) is 9.53. The maximum absolute atomic E-state index is 14.9. The Bertz CT molecular complexity index is 1400. The summed E-state index contributed by atoms with van der Waals surface area (Å²) in [4.78, 5) is 40.0. The minimum Gasteiger partial charge on any atom is -0.453 e. The van der Waals surface area contributed by atoms with Gasteiger partial charge in [0, 0.05) is 50.1 Å². The second kappa shape index (κ2) is 10.0. The molecule has 186 valence electrons. The van der Waals surface area contributed by atoms with Gasteiger partial charge in [0.1, 0.15) is 11.4 Å². The molecule has 0 saturated carbocycles. The zero-order valence-corrected chi connectivity index (χ0v) is 20.4. The molecule has 0 bridgehead atoms. The molecule has 1 saturated heterocycles. The standard InChI is InChI=1S/C25H25FN6O3S/c1-15-14-30-22-21(15)20(4-5-28-22)35-19-3-2-16(12-17(19)26)13-18(27)24(33)31-7-9-32(10-8-31)25(34)23-29-6-11-36-23/h2-6,11-12,14,18H,7-10,13,27H2,1H3,(H,28,30)/t18-/m0/s1. The van der Waals surface area contributed by atoms with Gasteiger partial charge in [0.15, 0.2) is 16.6 Å². The number of nitrogens with zero attached hydrogens (tertiary/aromatic N) is 4. The van der Waals surface area contributed by atoms with Gasteiger partial charge in [0.05, 0.1) is 11.4 Å². The van der Waals surface area contributed by atoms with Crippen molar-refractivity contribution in [2.45, 2.75) is 19.4 Å². The Labute approximate surface area is 210 Å². The number of hydrogen-bond donors (Lipinski definition) is 2. The summed E-state index contributed by atoms with van der Waals surface area (Å²) in [6, 6.07) is 5.46. The van der Waals surface area contributed by atoms with Crippen LogP contribution in [0.4, 0.5) is 4.39 Å². The number of carbonyl (C=O) groups is 2. The number of carbonyl (C=O) groups excluding carboxylic acids is 2. The smallest absolute Gasteiger partial charge is 0.282 e. The normalized spacial score (nSPS) is 14.8. The summed E-state index contributed by atoms with van der Waals surface area (Å²) < 4.78 is 20.7. The van der Waals surface area contributed by atoms with Gasteiger partial charge in [-0.15, -0.1) is 11.3 Å². The Hall–Kier alpha value is -3.83. The van der Waals surface area contributed by atoms with Crippen molar-refractivity contribution in [2.75, 3.05) is 26.2 Å². The van der Waals surface area contributed by atoms with Crippen molar-refractivity contribution in [2.24, 2.45) is 5.73 Å². The number of halogens is 1. The van der Waals surface area contributed by atoms with Gasteiger partial charge in [-0.2, -0.15) is 0 Å². The van der Waals surface area contributed by atoms with Gasteiger partial charge in [0.2, 0.25) is 5.91 Å². The van der Waals surface area contributed by atoms with Crippen molar-refractivity contribution in [3.05, 3.63) is 70.2 Å². The van der Waals surface area contributed by atoms with Crippen molar-refractivity contribution < 1.29 is 18.7 Å². The van der Waals surface area contributed by atoms with E-state index in [2.05, 4.69) is 15.0 Å². The molecule has 11 heteroatoms. The fraction of sp³-hybridized carbons (Fsp3) is 0.280. The summed E-state index contributed by atoms with van der Waals surface area (Å²) in [6.45, 7) is 3.54. The quantitative estimate of drug-likeness (QED) is 0.413. The van der Waals surface area contributed by atoms with Crippen LogP contribution in [0.25, 0.3) is 11.0 Å². The molecule has 0 radical (unpaired) electrons. The van der Waals surface area contributed by atoms with Crippen molar-refractivity contribution in [1.82, 2.24) is 24.8 Å². The zero-order chi connectivity index (χ0) is 25.2. The molecule has 0 unspecified atom stereocenters. The number of hydrogen-bond acceptors (Lipinski definition) is 7. The van der Waals surface area contributed by atoms with Crippen molar-refractivity contribution in [3.63, 3.8) is 0 Å². The lowest BCUT2D eigenvalue weighted by molar-refractivity contribution is -0.134. The minimum absolute atomic E-state index is 0.0766. The number of aromatic nitrogens is 3. The number of rotatable bonds is 6. The number of nitrogens with one attached hydrogen (secondary N) is 1. The first kappa shape index (κ1) is 23.9. The Balaban J connectivity index is 1.19. The van der Waals surface area contributed by atoms with E-state index in [0.29, 0.717) is 48.1 Å². The molecule has 4 aromatic rings. The average molecular weight is 509 g/mol. The van der Waals surface area contributed by atoms with Gasteiger partial charge < -0.3 is 25.3 Å². The molecule has 5 rings (SSSR count). The Morgan fingerprint density at radius 2 is 1.92 bits per heavy atom. The molecule has 1 aliphatic heterocycles. The Kier molecular flexibility index (Phi) is 6.66. The third-order valence-corrected chi connectivity index (χ3v) is 6.98. The van der Waals surface area contributed by atoms with E-state index in [1.54, 1.807) is 45.8 Å². The van der Waals surface area contributed by atoms with Gasteiger partial charge >= 0.3 is 0 Å². The number of aromatic amines is 1. The predicted octanol–water partition coefficient (Wildman–Crippen LogP) is 3.11. The molecule has 4 heterocycles. The first-order valence-corrected chi connectivity index (χ1v) is 12.4. The highest BCUT2D eigenvalue weighted by Gasteiger charge is 2.28. The van der Waals surface area contributed by atoms with E-state index in [-0.39, 0.29) is 24.0 Å². The largest absolute Gasteiger partial charge is 0.453 e. The molecule has 0 aliphatic carbocycles. The molecular weight excluding hydrogens is 483 g/mol. The molecule has 1 aromatic carbocycles. The van der Waals surface area contributed by atoms with Crippen LogP contribution in [-0.2, 0) is 11.2 Å². The van der Waals surface area contributed by atoms with Crippen LogP contribution >= 0.6 is 11.3 Å². The number of pyridine rings is 1. The van der Waals surface area contributed by atoms with Gasteiger partial charge in [-0.3, -0.25) is 9.59 Å². The van der Waals surface area contributed by atoms with Crippen LogP contribution in [-0.4, -0.2) is 68.8 Å². The number of fused-ring (bicyclic) bond motifs is 1. The lowest BCUT2D eigenvalue weighted by Gasteiger charge is -2.35. The summed E-state index contributed by atoms with van der Waals surface area (Å²) in [6.07, 6.45) is 5.20. The van der Waals surface area contributed by atoms with E-state index < -0.39 is 11.9 Å². The average Bonchev–Trinajstić information content (AvgIpc) is 3.56. The predicted molar refractivity (Wildman–Crippen MR) is 134 cm³/mol. The highest BCUT2D eigenvalue weighted by Crippen LogP contribution is 2.32. The second-order valence-electron chi connectivity index (χ2n) is 8.64. The number of amides is 2. The van der Waals surface area contributed by atoms with E-state index >= 15 is 0 Å². The van der Waals surface area contributed by atoms with Crippen LogP contribution < -0.4 is 10.5 Å². The number of benzene rings is 1. The number of nitrogens with two attached hydrogens (primary N) is 1. The van der Waals surface area contributed by atoms with E-state index in [9.17, 15) is 14.0 Å². The number of thiazole rings is 1. The molecule has 3 N–H and O–H groups in total. The van der Waals surface area contributed by atoms with Crippen LogP contribution in [0.2, 0.25) is 0 Å². The van der Waals surface area contributed by atoms with Crippen LogP contribution in [0.15, 0.2) is 48.2 Å². The van der Waals surface area contributed by atoms with Gasteiger partial charge in [-0.05, 0) is 42.7 Å². The first-order chi connectivity index (χ1) is 17.4. The van der Waals surface area contributed by atoms with Crippen molar-refractivity contribution in [1.29, 1.82) is 0 Å². The summed E-state index contributed by atoms with van der Waals surface area (Å²) in [5.41, 5.74) is 8.39. The topological polar surface area (TPSA) is 117 Å². The molecule has 3 aromatic heterocycles. The van der Waals surface area contributed by atoms with E-state index in [1.165, 1.54) is 17.4 Å². The highest BCUT2D eigenvalue weighted by atomic mass is 32.1. The fourth-order valence-electron chi connectivity index (χ4n) is 4.31. The molecule has 1 aliphatic rings. The monoisotopic (exact) mass is 508 g/mol. The summed E-state index contributed by atoms with van der Waals surface area (Å²) >= 11 is 1.30. The van der Waals surface area contributed by atoms with E-state index in [4.69, 9.17) is 10.5 Å². The maximum Gasteiger partial charge on any atom is 0.282 e. The summed E-state index contributed by atoms with van der Waals surface area (Å²) in [5, 5.41) is 2.99. The molecule has 1 fully saturated rings. The summed E-state index contributed by atoms with van der Waals surface area (Å²) in [5.74, 6) is -0.310. The van der Waals surface area contributed by atoms with E-state index in [1.807, 2.05) is 13.1 Å². The van der Waals surface area contributed by atoms with Crippen LogP contribution in [0.3, 0.4) is 0 Å². The molecule has 36 heavy (non-hydrogen) atoms. The van der Waals surface area contributed by atoms with Crippen LogP contribution in [0, 0.1) is 12.7 Å². The van der Waals surface area contributed by atoms with Gasteiger partial charge in [-0.25, -0.2) is 14.4 Å². The van der Waals surface area contributed by atoms with Crippen molar-refractivity contribution in [3.8, 4) is 11.5 Å².